The minimum atomic E-state index is -2.05. The summed E-state index contributed by atoms with van der Waals surface area (Å²) in [5.74, 6) is 0. The van der Waals surface area contributed by atoms with E-state index >= 15 is 0 Å². The van der Waals surface area contributed by atoms with E-state index in [4.69, 9.17) is 20.6 Å². The molecule has 0 saturated carbocycles. The predicted molar refractivity (Wildman–Crippen MR) is 138 cm³/mol. The summed E-state index contributed by atoms with van der Waals surface area (Å²) in [5, 5.41) is 0. The van der Waals surface area contributed by atoms with Crippen molar-refractivity contribution >= 4 is 46.4 Å². The Morgan fingerprint density at radius 2 is 0.533 bits per heavy atom. The summed E-state index contributed by atoms with van der Waals surface area (Å²) in [5.41, 5.74) is 10.7. The van der Waals surface area contributed by atoms with Gasteiger partial charge in [0.15, 0.2) is 0 Å². The van der Waals surface area contributed by atoms with Crippen LogP contribution in [0.1, 0.15) is 66.7 Å². The van der Waals surface area contributed by atoms with E-state index in [1.165, 1.54) is 0 Å². The summed E-state index contributed by atoms with van der Waals surface area (Å²) >= 11 is 0. The van der Waals surface area contributed by atoms with E-state index < -0.39 is 46.4 Å². The minimum Gasteiger partial charge on any atom is -0.414 e. The molecule has 1 saturated heterocycles. The van der Waals surface area contributed by atoms with Gasteiger partial charge < -0.3 is 20.6 Å². The van der Waals surface area contributed by atoms with Gasteiger partial charge in [-0.05, 0) is 32.1 Å². The average Bonchev–Trinajstić information content (AvgIpc) is 2.75. The second kappa shape index (κ2) is 18.2. The third-order valence-corrected chi connectivity index (χ3v) is 17.6. The van der Waals surface area contributed by atoms with Gasteiger partial charge in [0.25, 0.3) is 0 Å². The van der Waals surface area contributed by atoms with Crippen molar-refractivity contribution in [3.05, 3.63) is 58.9 Å². The minimum absolute atomic E-state index is 0.961. The summed E-state index contributed by atoms with van der Waals surface area (Å²) in [6.07, 6.45) is 15.5. The molecule has 0 atom stereocenters. The zero-order chi connectivity index (χ0) is 22.0. The lowest BCUT2D eigenvalue weighted by Gasteiger charge is -2.30. The molecule has 0 aromatic carbocycles. The van der Waals surface area contributed by atoms with E-state index in [0.717, 1.165) is 32.1 Å². The molecule has 1 heterocycles. The number of rotatable bonds is 10. The summed E-state index contributed by atoms with van der Waals surface area (Å²) in [6, 6.07) is 0. The second-order valence-electron chi connectivity index (χ2n) is 6.70. The molecule has 0 unspecified atom stereocenters. The molecule has 1 rings (SSSR count). The van der Waals surface area contributed by atoms with Crippen LogP contribution in [-0.2, 0) is 20.6 Å². The molecular weight excluding hydrogens is 461 g/mol. The van der Waals surface area contributed by atoms with Crippen molar-refractivity contribution < 1.29 is 20.6 Å². The second-order valence-corrected chi connectivity index (χ2v) is 17.8. The van der Waals surface area contributed by atoms with E-state index in [9.17, 15) is 0 Å². The smallest absolute Gasteiger partial charge is 0.330 e. The molecule has 0 N–H and O–H groups in total. The van der Waals surface area contributed by atoms with Crippen LogP contribution in [0, 0.1) is 0 Å². The first-order valence-corrected chi connectivity index (χ1v) is 19.3. The Balaban J connectivity index is 3.25. The van der Waals surface area contributed by atoms with Gasteiger partial charge in [0.05, 0.1) is 0 Å². The van der Waals surface area contributed by atoms with Crippen LogP contribution in [0.3, 0.4) is 0 Å². The number of allylic oxidation sites excluding steroid dienone is 5. The lowest BCUT2D eigenvalue weighted by Crippen LogP contribution is -2.47. The highest BCUT2D eigenvalue weighted by atomic mass is 28.5. The zero-order valence-corrected chi connectivity index (χ0v) is 25.0. The average molecular weight is 501 g/mol. The fourth-order valence-electron chi connectivity index (χ4n) is 2.51. The topological polar surface area (TPSA) is 46.2 Å². The lowest BCUT2D eigenvalue weighted by atomic mass is 10.5. The van der Waals surface area contributed by atoms with Crippen molar-refractivity contribution in [3.63, 3.8) is 0 Å². The number of hydrogen-bond acceptors (Lipinski definition) is 5. The van der Waals surface area contributed by atoms with Crippen molar-refractivity contribution in [1.82, 2.24) is 0 Å². The van der Waals surface area contributed by atoms with E-state index in [1.54, 1.807) is 0 Å². The van der Waals surface area contributed by atoms with E-state index in [-0.39, 0.29) is 0 Å². The molecule has 30 heavy (non-hydrogen) atoms. The molecule has 0 amide bonds. The quantitative estimate of drug-likeness (QED) is 0.428. The SMILES string of the molecule is CCC=C[SiH]1O[SiH](C=CCC)O[SiH](C=CCC)O[SiH](C=CCC)O[SiH](C=CCC)O1. The maximum Gasteiger partial charge on any atom is 0.330 e. The molecule has 10 heteroatoms. The molecule has 0 aromatic rings. The van der Waals surface area contributed by atoms with Gasteiger partial charge in [0.1, 0.15) is 0 Å². The lowest BCUT2D eigenvalue weighted by molar-refractivity contribution is 0.306. The van der Waals surface area contributed by atoms with Gasteiger partial charge in [-0.15, -0.1) is 0 Å². The van der Waals surface area contributed by atoms with Crippen molar-refractivity contribution in [2.75, 3.05) is 0 Å². The van der Waals surface area contributed by atoms with Gasteiger partial charge in [0, 0.05) is 0 Å². The normalized spacial score (nSPS) is 29.8. The Morgan fingerprint density at radius 3 is 0.667 bits per heavy atom. The Bertz CT molecular complexity index is 456. The van der Waals surface area contributed by atoms with Crippen molar-refractivity contribution in [3.8, 4) is 0 Å². The Morgan fingerprint density at radius 1 is 0.367 bits per heavy atom. The highest BCUT2D eigenvalue weighted by Gasteiger charge is 2.31. The molecule has 1 aliphatic heterocycles. The van der Waals surface area contributed by atoms with Crippen molar-refractivity contribution in [2.45, 2.75) is 66.7 Å². The third-order valence-electron chi connectivity index (χ3n) is 3.99. The highest BCUT2D eigenvalue weighted by molar-refractivity contribution is 6.79. The van der Waals surface area contributed by atoms with Gasteiger partial charge in [-0.2, -0.15) is 0 Å². The van der Waals surface area contributed by atoms with Crippen molar-refractivity contribution in [2.24, 2.45) is 0 Å². The fraction of sp³-hybridized carbons (Fsp3) is 0.500. The van der Waals surface area contributed by atoms with Gasteiger partial charge in [-0.1, -0.05) is 93.5 Å². The Kier molecular flexibility index (Phi) is 16.7. The molecule has 1 fully saturated rings. The molecule has 170 valence electrons. The van der Waals surface area contributed by atoms with Gasteiger partial charge in [0.2, 0.25) is 0 Å². The van der Waals surface area contributed by atoms with Gasteiger partial charge in [-0.25, -0.2) is 0 Å². The zero-order valence-electron chi connectivity index (χ0n) is 19.2. The molecule has 5 nitrogen and oxygen atoms in total. The van der Waals surface area contributed by atoms with Crippen LogP contribution in [0.15, 0.2) is 58.9 Å². The van der Waals surface area contributed by atoms with Crippen LogP contribution in [0.4, 0.5) is 0 Å². The van der Waals surface area contributed by atoms with Crippen LogP contribution in [0.5, 0.6) is 0 Å². The van der Waals surface area contributed by atoms with Gasteiger partial charge in [-0.3, -0.25) is 0 Å². The predicted octanol–water partition coefficient (Wildman–Crippen LogP) is 3.71. The third kappa shape index (κ3) is 12.4. The molecule has 1 aliphatic rings. The molecule has 0 spiro atoms. The van der Waals surface area contributed by atoms with E-state index in [1.807, 2.05) is 0 Å². The van der Waals surface area contributed by atoms with E-state index in [0.29, 0.717) is 0 Å². The summed E-state index contributed by atoms with van der Waals surface area (Å²) in [7, 11) is -10.2. The van der Waals surface area contributed by atoms with Gasteiger partial charge >= 0.3 is 46.4 Å². The summed E-state index contributed by atoms with van der Waals surface area (Å²) < 4.78 is 32.3. The molecular formula is C20H40O5Si5. The summed E-state index contributed by atoms with van der Waals surface area (Å²) in [6.45, 7) is 10.6. The first kappa shape index (κ1) is 27.6. The van der Waals surface area contributed by atoms with E-state index in [2.05, 4.69) is 93.5 Å². The van der Waals surface area contributed by atoms with Crippen LogP contribution in [0.25, 0.3) is 0 Å². The largest absolute Gasteiger partial charge is 0.414 e. The maximum absolute atomic E-state index is 6.47. The fourth-order valence-corrected chi connectivity index (χ4v) is 18.1. The first-order valence-electron chi connectivity index (χ1n) is 11.3. The maximum atomic E-state index is 6.47. The van der Waals surface area contributed by atoms with Crippen molar-refractivity contribution in [1.29, 1.82) is 0 Å². The van der Waals surface area contributed by atoms with Crippen LogP contribution in [0.2, 0.25) is 0 Å². The highest BCUT2D eigenvalue weighted by Crippen LogP contribution is 2.12. The Labute approximate surface area is 192 Å². The summed E-state index contributed by atoms with van der Waals surface area (Å²) in [4.78, 5) is 0. The monoisotopic (exact) mass is 500 g/mol. The van der Waals surface area contributed by atoms with Crippen LogP contribution >= 0.6 is 0 Å². The molecule has 0 aliphatic carbocycles. The number of hydrogen-bond donors (Lipinski definition) is 0. The van der Waals surface area contributed by atoms with Crippen LogP contribution in [-0.4, -0.2) is 46.4 Å². The molecule has 0 radical (unpaired) electrons. The van der Waals surface area contributed by atoms with Crippen LogP contribution < -0.4 is 0 Å². The standard InChI is InChI=1S/C20H40O5Si5/c1-6-11-16-26-21-27(17-12-7-2)23-29(19-14-9-4)25-30(20-15-10-5)24-28(22-26)18-13-8-3/h11-20,26-30H,6-10H2,1-5H3. The Hall–Kier alpha value is -0.416. The molecule has 0 aromatic heterocycles. The first-order chi connectivity index (χ1) is 14.7. The molecule has 0 bridgehead atoms.